The molecule has 0 bridgehead atoms. The molecule has 0 aliphatic carbocycles. The minimum atomic E-state index is -0.966. The van der Waals surface area contributed by atoms with Crippen molar-refractivity contribution in [3.05, 3.63) is 65.1 Å². The van der Waals surface area contributed by atoms with Gasteiger partial charge in [0.25, 0.3) is 0 Å². The zero-order valence-electron chi connectivity index (χ0n) is 19.2. The number of halogens is 1. The van der Waals surface area contributed by atoms with Crippen LogP contribution in [0.25, 0.3) is 22.5 Å². The number of benzene rings is 1. The number of thiazole rings is 1. The van der Waals surface area contributed by atoms with Crippen LogP contribution >= 0.6 is 11.3 Å². The number of hydrogen-bond acceptors (Lipinski definition) is 6. The van der Waals surface area contributed by atoms with Crippen LogP contribution < -0.4 is 4.90 Å². The number of imidazole rings is 1. The lowest BCUT2D eigenvalue weighted by molar-refractivity contribution is 0.486. The van der Waals surface area contributed by atoms with Crippen LogP contribution in [0.2, 0.25) is 0 Å². The molecule has 1 atom stereocenters. The Morgan fingerprint density at radius 3 is 2.62 bits per heavy atom. The maximum atomic E-state index is 13.3. The highest BCUT2D eigenvalue weighted by molar-refractivity contribution is 7.81. The third kappa shape index (κ3) is 4.28. The molecule has 0 amide bonds. The summed E-state index contributed by atoms with van der Waals surface area (Å²) in [7, 11) is 1.01. The third-order valence-corrected chi connectivity index (χ3v) is 7.94. The molecule has 1 aromatic carbocycles. The van der Waals surface area contributed by atoms with Gasteiger partial charge in [-0.05, 0) is 54.8 Å². The predicted octanol–water partition coefficient (Wildman–Crippen LogP) is 4.70. The normalized spacial score (nSPS) is 15.5. The molecule has 1 unspecified atom stereocenters. The number of nitrogens with zero attached hydrogens (tertiary/aromatic N) is 6. The molecule has 4 heterocycles. The Morgan fingerprint density at radius 1 is 1.15 bits per heavy atom. The van der Waals surface area contributed by atoms with E-state index in [1.807, 2.05) is 38.3 Å². The second-order valence-electron chi connectivity index (χ2n) is 8.10. The van der Waals surface area contributed by atoms with E-state index < -0.39 is 11.0 Å². The second-order valence-corrected chi connectivity index (χ2v) is 10.3. The Bertz CT molecular complexity index is 1390. The summed E-state index contributed by atoms with van der Waals surface area (Å²) in [6, 6.07) is 10.4. The number of rotatable bonds is 6. The minimum absolute atomic E-state index is 0.264. The molecule has 1 aliphatic heterocycles. The van der Waals surface area contributed by atoms with Gasteiger partial charge >= 0.3 is 0 Å². The van der Waals surface area contributed by atoms with Gasteiger partial charge in [-0.3, -0.25) is 0 Å². The Balaban J connectivity index is 1.51. The number of fused-ring (bicyclic) bond motifs is 1. The first kappa shape index (κ1) is 22.8. The molecule has 0 N–H and O–H groups in total. The first-order chi connectivity index (χ1) is 16.4. The van der Waals surface area contributed by atoms with Gasteiger partial charge in [-0.15, -0.1) is 11.3 Å². The van der Waals surface area contributed by atoms with Gasteiger partial charge in [0, 0.05) is 37.3 Å². The van der Waals surface area contributed by atoms with Gasteiger partial charge in [0.2, 0.25) is 0 Å². The summed E-state index contributed by atoms with van der Waals surface area (Å²) in [4.78, 5) is 11.6. The maximum Gasteiger partial charge on any atom is 0.191 e. The Kier molecular flexibility index (Phi) is 6.28. The molecule has 0 fully saturated rings. The van der Waals surface area contributed by atoms with E-state index in [0.29, 0.717) is 6.54 Å². The van der Waals surface area contributed by atoms with Crippen LogP contribution in [0.3, 0.4) is 0 Å². The monoisotopic (exact) mass is 496 g/mol. The van der Waals surface area contributed by atoms with E-state index >= 15 is 0 Å². The van der Waals surface area contributed by atoms with Crippen LogP contribution in [0.1, 0.15) is 24.7 Å². The summed E-state index contributed by atoms with van der Waals surface area (Å²) < 4.78 is 28.9. The van der Waals surface area contributed by atoms with Crippen molar-refractivity contribution in [3.8, 4) is 11.3 Å². The average molecular weight is 497 g/mol. The van der Waals surface area contributed by atoms with E-state index in [0.717, 1.165) is 64.2 Å². The van der Waals surface area contributed by atoms with Crippen LogP contribution in [0.5, 0.6) is 0 Å². The summed E-state index contributed by atoms with van der Waals surface area (Å²) in [6.07, 6.45) is 5.37. The van der Waals surface area contributed by atoms with E-state index in [1.165, 1.54) is 23.5 Å². The van der Waals surface area contributed by atoms with Crippen molar-refractivity contribution in [2.24, 2.45) is 0 Å². The molecule has 0 radical (unpaired) electrons. The summed E-state index contributed by atoms with van der Waals surface area (Å²) in [5, 5.41) is 7.73. The molecule has 0 saturated carbocycles. The molecule has 34 heavy (non-hydrogen) atoms. The predicted molar refractivity (Wildman–Crippen MR) is 136 cm³/mol. The van der Waals surface area contributed by atoms with E-state index in [2.05, 4.69) is 13.0 Å². The number of aryl methyl sites for hydroxylation is 1. The van der Waals surface area contributed by atoms with Gasteiger partial charge in [0.1, 0.15) is 5.82 Å². The van der Waals surface area contributed by atoms with Crippen molar-refractivity contribution < 1.29 is 8.60 Å². The summed E-state index contributed by atoms with van der Waals surface area (Å²) in [6.45, 7) is 3.48. The van der Waals surface area contributed by atoms with Gasteiger partial charge < -0.3 is 4.90 Å². The minimum Gasteiger partial charge on any atom is -0.304 e. The smallest absolute Gasteiger partial charge is 0.191 e. The maximum absolute atomic E-state index is 13.3. The molecule has 3 aromatic heterocycles. The van der Waals surface area contributed by atoms with Crippen molar-refractivity contribution in [1.29, 1.82) is 0 Å². The third-order valence-electron chi connectivity index (χ3n) is 5.96. The van der Waals surface area contributed by atoms with Crippen molar-refractivity contribution >= 4 is 44.5 Å². The molecule has 176 valence electrons. The Morgan fingerprint density at radius 2 is 1.94 bits per heavy atom. The standard InChI is InChI=1S/C24H25FN6OS2/c1-4-19-23(29(2)24-27-21(15-33-24)16-5-7-18(25)8-6-16)31-22(26-19)10-9-20(28-31)17-11-13-30(14-12-17)34(3)32/h5-11,15H,4,12-14H2,1-3H3. The molecule has 0 spiro atoms. The quantitative estimate of drug-likeness (QED) is 0.387. The summed E-state index contributed by atoms with van der Waals surface area (Å²) >= 11 is 1.52. The lowest BCUT2D eigenvalue weighted by atomic mass is 10.1. The van der Waals surface area contributed by atoms with E-state index in [-0.39, 0.29) is 5.82 Å². The largest absolute Gasteiger partial charge is 0.304 e. The van der Waals surface area contributed by atoms with Crippen LogP contribution in [0.4, 0.5) is 15.3 Å². The van der Waals surface area contributed by atoms with E-state index in [9.17, 15) is 8.60 Å². The molecular weight excluding hydrogens is 471 g/mol. The highest BCUT2D eigenvalue weighted by atomic mass is 32.2. The van der Waals surface area contributed by atoms with Crippen LogP contribution in [0, 0.1) is 5.82 Å². The van der Waals surface area contributed by atoms with Crippen molar-refractivity contribution in [3.63, 3.8) is 0 Å². The topological polar surface area (TPSA) is 66.6 Å². The van der Waals surface area contributed by atoms with Gasteiger partial charge in [0.05, 0.1) is 28.1 Å². The fourth-order valence-electron chi connectivity index (χ4n) is 4.09. The van der Waals surface area contributed by atoms with Crippen LogP contribution in [0.15, 0.2) is 47.9 Å². The number of aromatic nitrogens is 4. The molecule has 0 saturated heterocycles. The van der Waals surface area contributed by atoms with Crippen molar-refractivity contribution in [1.82, 2.24) is 23.9 Å². The number of hydrogen-bond donors (Lipinski definition) is 0. The highest BCUT2D eigenvalue weighted by Crippen LogP contribution is 2.34. The first-order valence-corrected chi connectivity index (χ1v) is 13.5. The molecule has 1 aliphatic rings. The highest BCUT2D eigenvalue weighted by Gasteiger charge is 2.22. The lowest BCUT2D eigenvalue weighted by Crippen LogP contribution is -2.29. The van der Waals surface area contributed by atoms with Gasteiger partial charge in [-0.2, -0.15) is 9.61 Å². The fourth-order valence-corrected chi connectivity index (χ4v) is 5.52. The second kappa shape index (κ2) is 9.36. The van der Waals surface area contributed by atoms with Crippen LogP contribution in [-0.4, -0.2) is 54.5 Å². The molecule has 7 nitrogen and oxygen atoms in total. The van der Waals surface area contributed by atoms with Crippen LogP contribution in [-0.2, 0) is 17.4 Å². The zero-order chi connectivity index (χ0) is 23.8. The van der Waals surface area contributed by atoms with E-state index in [1.54, 1.807) is 18.4 Å². The molecular formula is C24H25FN6OS2. The molecule has 4 aromatic rings. The fraction of sp³-hybridized carbons (Fsp3) is 0.292. The number of anilines is 2. The van der Waals surface area contributed by atoms with Gasteiger partial charge in [0.15, 0.2) is 16.6 Å². The lowest BCUT2D eigenvalue weighted by Gasteiger charge is -2.23. The van der Waals surface area contributed by atoms with Gasteiger partial charge in [-0.1, -0.05) is 13.0 Å². The molecule has 10 heteroatoms. The Hall–Kier alpha value is -2.95. The van der Waals surface area contributed by atoms with E-state index in [4.69, 9.17) is 15.1 Å². The molecule has 5 rings (SSSR count). The van der Waals surface area contributed by atoms with Crippen molar-refractivity contribution in [2.45, 2.75) is 19.8 Å². The summed E-state index contributed by atoms with van der Waals surface area (Å²) in [5.74, 6) is 0.618. The van der Waals surface area contributed by atoms with Gasteiger partial charge in [-0.25, -0.2) is 22.9 Å². The summed E-state index contributed by atoms with van der Waals surface area (Å²) in [5.41, 5.74) is 5.45. The SMILES string of the molecule is CCc1nc2ccc(C3=CCN(S(C)=O)CC3)nn2c1N(C)c1nc(-c2ccc(F)cc2)cs1. The Labute approximate surface area is 204 Å². The zero-order valence-corrected chi connectivity index (χ0v) is 20.9. The average Bonchev–Trinajstić information content (AvgIpc) is 3.49. The van der Waals surface area contributed by atoms with Crippen molar-refractivity contribution in [2.75, 3.05) is 31.3 Å². The first-order valence-electron chi connectivity index (χ1n) is 11.1.